The lowest BCUT2D eigenvalue weighted by Gasteiger charge is -2.21. The normalized spacial score (nSPS) is 10.5. The standard InChI is InChI=1S/C21H27N3O2/c1-5-13-24(14-6-2)21(26)18-12-8-11-17(22-18)20(25)23-19-15(3)9-7-10-16(19)4/h7-12H,5-6,13-14H2,1-4H3,(H,23,25). The lowest BCUT2D eigenvalue weighted by atomic mass is 10.1. The van der Waals surface area contributed by atoms with E-state index in [1.165, 1.54) is 0 Å². The van der Waals surface area contributed by atoms with Gasteiger partial charge in [-0.1, -0.05) is 38.1 Å². The highest BCUT2D eigenvalue weighted by Gasteiger charge is 2.18. The van der Waals surface area contributed by atoms with Gasteiger partial charge in [0.15, 0.2) is 0 Å². The van der Waals surface area contributed by atoms with Crippen LogP contribution in [-0.4, -0.2) is 34.8 Å². The quantitative estimate of drug-likeness (QED) is 0.811. The Balaban J connectivity index is 2.22. The van der Waals surface area contributed by atoms with Gasteiger partial charge in [-0.15, -0.1) is 0 Å². The first-order valence-electron chi connectivity index (χ1n) is 9.11. The summed E-state index contributed by atoms with van der Waals surface area (Å²) in [6, 6.07) is 10.8. The number of amides is 2. The zero-order valence-electron chi connectivity index (χ0n) is 16.0. The van der Waals surface area contributed by atoms with Crippen molar-refractivity contribution in [3.63, 3.8) is 0 Å². The van der Waals surface area contributed by atoms with E-state index >= 15 is 0 Å². The topological polar surface area (TPSA) is 62.3 Å². The molecular formula is C21H27N3O2. The Bertz CT molecular complexity index is 760. The van der Waals surface area contributed by atoms with E-state index in [-0.39, 0.29) is 17.5 Å². The van der Waals surface area contributed by atoms with E-state index in [0.29, 0.717) is 18.8 Å². The van der Waals surface area contributed by atoms with Crippen LogP contribution >= 0.6 is 0 Å². The Morgan fingerprint density at radius 1 is 0.923 bits per heavy atom. The minimum atomic E-state index is -0.311. The third kappa shape index (κ3) is 4.69. The second kappa shape index (κ2) is 9.13. The number of rotatable bonds is 7. The van der Waals surface area contributed by atoms with Crippen molar-refractivity contribution in [2.75, 3.05) is 18.4 Å². The van der Waals surface area contributed by atoms with Crippen molar-refractivity contribution in [1.29, 1.82) is 0 Å². The van der Waals surface area contributed by atoms with Gasteiger partial charge in [-0.25, -0.2) is 4.98 Å². The number of hydrogen-bond acceptors (Lipinski definition) is 3. The number of carbonyl (C=O) groups is 2. The number of para-hydroxylation sites is 1. The van der Waals surface area contributed by atoms with Crippen molar-refractivity contribution >= 4 is 17.5 Å². The molecule has 0 fully saturated rings. The molecule has 2 aromatic rings. The highest BCUT2D eigenvalue weighted by molar-refractivity contribution is 6.04. The number of nitrogens with zero attached hydrogens (tertiary/aromatic N) is 2. The van der Waals surface area contributed by atoms with Crippen LogP contribution in [0.15, 0.2) is 36.4 Å². The summed E-state index contributed by atoms with van der Waals surface area (Å²) in [5.74, 6) is -0.440. The number of nitrogens with one attached hydrogen (secondary N) is 1. The van der Waals surface area contributed by atoms with Crippen molar-refractivity contribution < 1.29 is 9.59 Å². The van der Waals surface area contributed by atoms with E-state index in [1.807, 2.05) is 45.9 Å². The van der Waals surface area contributed by atoms with Crippen LogP contribution in [0, 0.1) is 13.8 Å². The molecule has 0 unspecified atom stereocenters. The maximum atomic E-state index is 12.7. The fourth-order valence-corrected chi connectivity index (χ4v) is 2.89. The fourth-order valence-electron chi connectivity index (χ4n) is 2.89. The van der Waals surface area contributed by atoms with E-state index in [0.717, 1.165) is 29.7 Å². The Kier molecular flexibility index (Phi) is 6.89. The first-order chi connectivity index (χ1) is 12.5. The Hall–Kier alpha value is -2.69. The monoisotopic (exact) mass is 353 g/mol. The van der Waals surface area contributed by atoms with Gasteiger partial charge < -0.3 is 10.2 Å². The number of anilines is 1. The van der Waals surface area contributed by atoms with Gasteiger partial charge in [-0.2, -0.15) is 0 Å². The molecule has 1 heterocycles. The molecule has 0 aliphatic carbocycles. The van der Waals surface area contributed by atoms with Crippen molar-refractivity contribution in [2.24, 2.45) is 0 Å². The minimum Gasteiger partial charge on any atom is -0.337 e. The molecule has 1 N–H and O–H groups in total. The van der Waals surface area contributed by atoms with Gasteiger partial charge in [0.2, 0.25) is 0 Å². The van der Waals surface area contributed by atoms with Gasteiger partial charge in [-0.05, 0) is 49.9 Å². The van der Waals surface area contributed by atoms with Crippen LogP contribution in [-0.2, 0) is 0 Å². The number of aryl methyl sites for hydroxylation is 2. The number of pyridine rings is 1. The van der Waals surface area contributed by atoms with Gasteiger partial charge in [0.05, 0.1) is 0 Å². The van der Waals surface area contributed by atoms with Crippen LogP contribution < -0.4 is 5.32 Å². The van der Waals surface area contributed by atoms with Crippen molar-refractivity contribution in [3.05, 3.63) is 58.9 Å². The zero-order valence-corrected chi connectivity index (χ0v) is 16.0. The van der Waals surface area contributed by atoms with E-state index in [1.54, 1.807) is 23.1 Å². The van der Waals surface area contributed by atoms with Crippen LogP contribution in [0.2, 0.25) is 0 Å². The summed E-state index contributed by atoms with van der Waals surface area (Å²) in [5, 5.41) is 2.91. The van der Waals surface area contributed by atoms with E-state index in [9.17, 15) is 9.59 Å². The molecule has 5 heteroatoms. The number of aromatic nitrogens is 1. The molecule has 138 valence electrons. The summed E-state index contributed by atoms with van der Waals surface area (Å²) in [7, 11) is 0. The lowest BCUT2D eigenvalue weighted by Crippen LogP contribution is -2.33. The van der Waals surface area contributed by atoms with Crippen molar-refractivity contribution in [2.45, 2.75) is 40.5 Å². The molecule has 2 rings (SSSR count). The van der Waals surface area contributed by atoms with Crippen molar-refractivity contribution in [3.8, 4) is 0 Å². The number of hydrogen-bond donors (Lipinski definition) is 1. The molecule has 2 amide bonds. The molecule has 0 aliphatic heterocycles. The van der Waals surface area contributed by atoms with E-state index in [4.69, 9.17) is 0 Å². The van der Waals surface area contributed by atoms with Crippen LogP contribution in [0.5, 0.6) is 0 Å². The maximum absolute atomic E-state index is 12.7. The second-order valence-corrected chi connectivity index (χ2v) is 6.42. The molecule has 26 heavy (non-hydrogen) atoms. The van der Waals surface area contributed by atoms with Gasteiger partial charge in [-0.3, -0.25) is 9.59 Å². The predicted molar refractivity (Wildman–Crippen MR) is 105 cm³/mol. The van der Waals surface area contributed by atoms with Gasteiger partial charge >= 0.3 is 0 Å². The summed E-state index contributed by atoms with van der Waals surface area (Å²) in [6.45, 7) is 9.35. The number of carbonyl (C=O) groups excluding carboxylic acids is 2. The third-order valence-electron chi connectivity index (χ3n) is 4.19. The first-order valence-corrected chi connectivity index (χ1v) is 9.11. The molecule has 0 atom stereocenters. The second-order valence-electron chi connectivity index (χ2n) is 6.42. The number of benzene rings is 1. The van der Waals surface area contributed by atoms with Crippen molar-refractivity contribution in [1.82, 2.24) is 9.88 Å². The largest absolute Gasteiger partial charge is 0.337 e. The molecule has 0 aliphatic rings. The highest BCUT2D eigenvalue weighted by Crippen LogP contribution is 2.20. The fraction of sp³-hybridized carbons (Fsp3) is 0.381. The first kappa shape index (κ1) is 19.6. The summed E-state index contributed by atoms with van der Waals surface area (Å²) in [6.07, 6.45) is 1.77. The SMILES string of the molecule is CCCN(CCC)C(=O)c1cccc(C(=O)Nc2c(C)cccc2C)n1. The average molecular weight is 353 g/mol. The van der Waals surface area contributed by atoms with Crippen LogP contribution in [0.3, 0.4) is 0 Å². The highest BCUT2D eigenvalue weighted by atomic mass is 16.2. The summed E-state index contributed by atoms with van der Waals surface area (Å²) >= 11 is 0. The molecule has 1 aromatic carbocycles. The molecule has 1 aromatic heterocycles. The predicted octanol–water partition coefficient (Wildman–Crippen LogP) is 4.21. The minimum absolute atomic E-state index is 0.129. The zero-order chi connectivity index (χ0) is 19.1. The summed E-state index contributed by atoms with van der Waals surface area (Å²) < 4.78 is 0. The molecule has 0 spiro atoms. The van der Waals surface area contributed by atoms with E-state index < -0.39 is 0 Å². The lowest BCUT2D eigenvalue weighted by molar-refractivity contribution is 0.0749. The molecule has 0 radical (unpaired) electrons. The molecule has 0 bridgehead atoms. The van der Waals surface area contributed by atoms with E-state index in [2.05, 4.69) is 10.3 Å². The average Bonchev–Trinajstić information content (AvgIpc) is 2.64. The maximum Gasteiger partial charge on any atom is 0.274 e. The smallest absolute Gasteiger partial charge is 0.274 e. The Morgan fingerprint density at radius 3 is 2.04 bits per heavy atom. The summed E-state index contributed by atoms with van der Waals surface area (Å²) in [5.41, 5.74) is 3.31. The van der Waals surface area contributed by atoms with Gasteiger partial charge in [0.1, 0.15) is 11.4 Å². The molecule has 0 saturated carbocycles. The van der Waals surface area contributed by atoms with Gasteiger partial charge in [0.25, 0.3) is 11.8 Å². The van der Waals surface area contributed by atoms with Crippen LogP contribution in [0.1, 0.15) is 58.8 Å². The van der Waals surface area contributed by atoms with Gasteiger partial charge in [0, 0.05) is 18.8 Å². The Morgan fingerprint density at radius 2 is 1.46 bits per heavy atom. The molecule has 5 nitrogen and oxygen atoms in total. The third-order valence-corrected chi connectivity index (χ3v) is 4.19. The van der Waals surface area contributed by atoms with Crippen LogP contribution in [0.25, 0.3) is 0 Å². The van der Waals surface area contributed by atoms with Crippen LogP contribution in [0.4, 0.5) is 5.69 Å². The molecule has 0 saturated heterocycles. The Labute approximate surface area is 155 Å². The molecular weight excluding hydrogens is 326 g/mol. The summed E-state index contributed by atoms with van der Waals surface area (Å²) in [4.78, 5) is 31.4.